The Morgan fingerprint density at radius 2 is 2.10 bits per heavy atom. The molecule has 5 nitrogen and oxygen atoms in total. The van der Waals surface area contributed by atoms with Gasteiger partial charge in [0.15, 0.2) is 6.10 Å². The second-order valence-electron chi connectivity index (χ2n) is 5.08. The molecule has 3 rings (SSSR count). The summed E-state index contributed by atoms with van der Waals surface area (Å²) in [6.07, 6.45) is 1.42. The molecule has 2 aromatic rings. The molecule has 21 heavy (non-hydrogen) atoms. The third-order valence-corrected chi connectivity index (χ3v) is 3.97. The van der Waals surface area contributed by atoms with E-state index >= 15 is 0 Å². The molecule has 6 heteroatoms. The van der Waals surface area contributed by atoms with Crippen molar-refractivity contribution in [2.24, 2.45) is 0 Å². The minimum absolute atomic E-state index is 0.195. The summed E-state index contributed by atoms with van der Waals surface area (Å²) >= 11 is 6.16. The highest BCUT2D eigenvalue weighted by Crippen LogP contribution is 2.35. The highest BCUT2D eigenvalue weighted by Gasteiger charge is 2.22. The third-order valence-electron chi connectivity index (χ3n) is 3.68. The SMILES string of the molecule is C[C@H](Oc1cc2oc(=O)c3c(c2cc1Cl)CCC3)C(=O)O. The van der Waals surface area contributed by atoms with Crippen molar-refractivity contribution in [3.05, 3.63) is 38.7 Å². The number of carboxylic acids is 1. The maximum absolute atomic E-state index is 11.9. The van der Waals surface area contributed by atoms with Gasteiger partial charge in [-0.3, -0.25) is 0 Å². The minimum Gasteiger partial charge on any atom is -0.479 e. The first-order chi connectivity index (χ1) is 9.97. The first-order valence-electron chi connectivity index (χ1n) is 6.65. The molecule has 1 aromatic carbocycles. The van der Waals surface area contributed by atoms with Gasteiger partial charge in [-0.25, -0.2) is 9.59 Å². The van der Waals surface area contributed by atoms with Crippen molar-refractivity contribution >= 4 is 28.5 Å². The lowest BCUT2D eigenvalue weighted by molar-refractivity contribution is -0.144. The van der Waals surface area contributed by atoms with Gasteiger partial charge in [-0.1, -0.05) is 11.6 Å². The van der Waals surface area contributed by atoms with E-state index in [1.54, 1.807) is 6.07 Å². The van der Waals surface area contributed by atoms with Crippen molar-refractivity contribution in [1.29, 1.82) is 0 Å². The summed E-state index contributed by atoms with van der Waals surface area (Å²) in [5.74, 6) is -0.901. The van der Waals surface area contributed by atoms with Gasteiger partial charge < -0.3 is 14.3 Å². The molecule has 0 spiro atoms. The standard InChI is InChI=1S/C15H13ClO5/c1-7(14(17)18)20-13-6-12-10(5-11(13)16)8-3-2-4-9(8)15(19)21-12/h5-7H,2-4H2,1H3,(H,17,18)/t7-/m0/s1. The zero-order chi connectivity index (χ0) is 15.1. The lowest BCUT2D eigenvalue weighted by Gasteiger charge is -2.13. The molecular weight excluding hydrogens is 296 g/mol. The number of fused-ring (bicyclic) bond motifs is 3. The van der Waals surface area contributed by atoms with Crippen molar-refractivity contribution in [1.82, 2.24) is 0 Å². The van der Waals surface area contributed by atoms with E-state index < -0.39 is 12.1 Å². The predicted octanol–water partition coefficient (Wildman–Crippen LogP) is 2.79. The number of aryl methyl sites for hydroxylation is 1. The van der Waals surface area contributed by atoms with Gasteiger partial charge in [-0.2, -0.15) is 0 Å². The molecular formula is C15H13ClO5. The van der Waals surface area contributed by atoms with Crippen molar-refractivity contribution in [3.63, 3.8) is 0 Å². The highest BCUT2D eigenvalue weighted by molar-refractivity contribution is 6.32. The molecule has 0 saturated heterocycles. The van der Waals surface area contributed by atoms with E-state index in [9.17, 15) is 9.59 Å². The number of halogens is 1. The second kappa shape index (κ2) is 5.07. The van der Waals surface area contributed by atoms with E-state index in [1.807, 2.05) is 0 Å². The Hall–Kier alpha value is -2.01. The zero-order valence-corrected chi connectivity index (χ0v) is 12.1. The van der Waals surface area contributed by atoms with Crippen LogP contribution in [0.25, 0.3) is 11.0 Å². The van der Waals surface area contributed by atoms with E-state index in [2.05, 4.69) is 0 Å². The van der Waals surface area contributed by atoms with E-state index in [-0.39, 0.29) is 11.4 Å². The monoisotopic (exact) mass is 308 g/mol. The molecule has 1 N–H and O–H groups in total. The summed E-state index contributed by atoms with van der Waals surface area (Å²) in [4.78, 5) is 22.8. The molecule has 1 heterocycles. The van der Waals surface area contributed by atoms with Gasteiger partial charge in [-0.05, 0) is 37.8 Å². The number of carboxylic acid groups (broad SMARTS) is 1. The Kier molecular flexibility index (Phi) is 3.37. The smallest absolute Gasteiger partial charge is 0.344 e. The van der Waals surface area contributed by atoms with Crippen LogP contribution in [0.15, 0.2) is 21.3 Å². The number of hydrogen-bond acceptors (Lipinski definition) is 4. The number of ether oxygens (including phenoxy) is 1. The minimum atomic E-state index is -1.10. The Balaban J connectivity index is 2.14. The third kappa shape index (κ3) is 2.38. The molecule has 1 atom stereocenters. The van der Waals surface area contributed by atoms with Gasteiger partial charge in [0, 0.05) is 17.0 Å². The molecule has 110 valence electrons. The Labute approximate surface area is 125 Å². The molecule has 1 aromatic heterocycles. The fourth-order valence-corrected chi connectivity index (χ4v) is 2.82. The summed E-state index contributed by atoms with van der Waals surface area (Å²) < 4.78 is 10.6. The molecule has 0 fully saturated rings. The van der Waals surface area contributed by atoms with Crippen LogP contribution in [0.1, 0.15) is 24.5 Å². The van der Waals surface area contributed by atoms with Gasteiger partial charge in [0.1, 0.15) is 11.3 Å². The van der Waals surface area contributed by atoms with Crippen LogP contribution in [0, 0.1) is 0 Å². The van der Waals surface area contributed by atoms with E-state index in [0.29, 0.717) is 16.2 Å². The average Bonchev–Trinajstić information content (AvgIpc) is 2.91. The topological polar surface area (TPSA) is 76.7 Å². The summed E-state index contributed by atoms with van der Waals surface area (Å²) in [5.41, 5.74) is 1.72. The summed E-state index contributed by atoms with van der Waals surface area (Å²) in [6.45, 7) is 1.40. The Morgan fingerprint density at radius 1 is 1.38 bits per heavy atom. The van der Waals surface area contributed by atoms with Crippen LogP contribution >= 0.6 is 11.6 Å². The number of carbonyl (C=O) groups is 1. The van der Waals surface area contributed by atoms with Crippen LogP contribution in [0.4, 0.5) is 0 Å². The first kappa shape index (κ1) is 13.9. The molecule has 0 unspecified atom stereocenters. The first-order valence-corrected chi connectivity index (χ1v) is 7.02. The molecule has 1 aliphatic carbocycles. The zero-order valence-electron chi connectivity index (χ0n) is 11.3. The van der Waals surface area contributed by atoms with E-state index in [0.717, 1.165) is 30.2 Å². The second-order valence-corrected chi connectivity index (χ2v) is 5.48. The molecule has 0 saturated carbocycles. The van der Waals surface area contributed by atoms with E-state index in [4.69, 9.17) is 25.9 Å². The average molecular weight is 309 g/mol. The van der Waals surface area contributed by atoms with Crippen LogP contribution < -0.4 is 10.4 Å². The highest BCUT2D eigenvalue weighted by atomic mass is 35.5. The molecule has 0 amide bonds. The Morgan fingerprint density at radius 3 is 2.81 bits per heavy atom. The molecule has 1 aliphatic rings. The lowest BCUT2D eigenvalue weighted by Crippen LogP contribution is -2.23. The van der Waals surface area contributed by atoms with Crippen LogP contribution in [0.5, 0.6) is 5.75 Å². The summed E-state index contributed by atoms with van der Waals surface area (Å²) in [7, 11) is 0. The van der Waals surface area contributed by atoms with Gasteiger partial charge in [-0.15, -0.1) is 0 Å². The number of aliphatic carboxylic acids is 1. The number of hydrogen-bond donors (Lipinski definition) is 1. The fraction of sp³-hybridized carbons (Fsp3) is 0.333. The van der Waals surface area contributed by atoms with Crippen molar-refractivity contribution in [3.8, 4) is 5.75 Å². The maximum atomic E-state index is 11.9. The predicted molar refractivity (Wildman–Crippen MR) is 77.2 cm³/mol. The van der Waals surface area contributed by atoms with Crippen LogP contribution in [0.3, 0.4) is 0 Å². The molecule has 0 aliphatic heterocycles. The van der Waals surface area contributed by atoms with Crippen LogP contribution in [0.2, 0.25) is 5.02 Å². The van der Waals surface area contributed by atoms with Gasteiger partial charge >= 0.3 is 11.6 Å². The largest absolute Gasteiger partial charge is 0.479 e. The fourth-order valence-electron chi connectivity index (χ4n) is 2.61. The lowest BCUT2D eigenvalue weighted by atomic mass is 10.1. The summed E-state index contributed by atoms with van der Waals surface area (Å²) in [6, 6.07) is 3.16. The molecule has 0 radical (unpaired) electrons. The van der Waals surface area contributed by atoms with E-state index in [1.165, 1.54) is 13.0 Å². The maximum Gasteiger partial charge on any atom is 0.344 e. The van der Waals surface area contributed by atoms with Gasteiger partial charge in [0.25, 0.3) is 0 Å². The number of rotatable bonds is 3. The number of benzene rings is 1. The quantitative estimate of drug-likeness (QED) is 0.882. The normalized spacial score (nSPS) is 15.0. The summed E-state index contributed by atoms with van der Waals surface area (Å²) in [5, 5.41) is 9.98. The van der Waals surface area contributed by atoms with Gasteiger partial charge in [0.2, 0.25) is 0 Å². The Bertz CT molecular complexity index is 793. The van der Waals surface area contributed by atoms with Crippen molar-refractivity contribution < 1.29 is 19.1 Å². The van der Waals surface area contributed by atoms with Crippen molar-refractivity contribution in [2.75, 3.05) is 0 Å². The van der Waals surface area contributed by atoms with Crippen molar-refractivity contribution in [2.45, 2.75) is 32.3 Å². The van der Waals surface area contributed by atoms with Crippen LogP contribution in [-0.4, -0.2) is 17.2 Å². The van der Waals surface area contributed by atoms with Crippen LogP contribution in [-0.2, 0) is 17.6 Å². The van der Waals surface area contributed by atoms with Gasteiger partial charge in [0.05, 0.1) is 5.02 Å². The molecule has 0 bridgehead atoms.